The van der Waals surface area contributed by atoms with Crippen LogP contribution in [0.2, 0.25) is 0 Å². The fraction of sp³-hybridized carbons (Fsp3) is 0.917. The molecule has 0 spiro atoms. The van der Waals surface area contributed by atoms with E-state index >= 15 is 0 Å². The van der Waals surface area contributed by atoms with Crippen molar-refractivity contribution in [3.8, 4) is 0 Å². The predicted octanol–water partition coefficient (Wildman–Crippen LogP) is 2.58. The van der Waals surface area contributed by atoms with Gasteiger partial charge in [0.2, 0.25) is 0 Å². The molecule has 2 aliphatic rings. The second-order valence-corrected chi connectivity index (χ2v) is 5.17. The zero-order valence-electron chi connectivity index (χ0n) is 9.82. The Morgan fingerprint density at radius 2 is 1.88 bits per heavy atom. The zero-order chi connectivity index (χ0) is 11.2. The molecule has 1 heterocycles. The van der Waals surface area contributed by atoms with Crippen molar-refractivity contribution < 1.29 is 4.84 Å². The molecule has 1 aliphatic carbocycles. The predicted molar refractivity (Wildman–Crippen MR) is 70.0 cm³/mol. The van der Waals surface area contributed by atoms with Crippen LogP contribution in [0.1, 0.15) is 44.9 Å². The average molecular weight is 242 g/mol. The number of aliphatic imine (C=N–C) groups is 1. The van der Waals surface area contributed by atoms with Gasteiger partial charge in [-0.2, -0.15) is 12.6 Å². The van der Waals surface area contributed by atoms with E-state index in [9.17, 15) is 0 Å². The second kappa shape index (κ2) is 6.50. The molecule has 2 rings (SSSR count). The van der Waals surface area contributed by atoms with Crippen LogP contribution in [0.15, 0.2) is 4.99 Å². The van der Waals surface area contributed by atoms with Crippen molar-refractivity contribution >= 4 is 18.5 Å². The molecule has 0 amide bonds. The maximum atomic E-state index is 5.38. The van der Waals surface area contributed by atoms with E-state index in [4.69, 9.17) is 9.83 Å². The van der Waals surface area contributed by atoms with Gasteiger partial charge < -0.3 is 0 Å². The lowest BCUT2D eigenvalue weighted by Gasteiger charge is -2.27. The van der Waals surface area contributed by atoms with Crippen molar-refractivity contribution in [2.45, 2.75) is 51.0 Å². The Morgan fingerprint density at radius 1 is 1.19 bits per heavy atom. The molecule has 1 N–H and O–H groups in total. The number of rotatable bonds is 2. The highest BCUT2D eigenvalue weighted by Gasteiger charge is 2.22. The van der Waals surface area contributed by atoms with Gasteiger partial charge in [-0.1, -0.05) is 32.1 Å². The van der Waals surface area contributed by atoms with E-state index in [1.807, 2.05) is 0 Å². The minimum Gasteiger partial charge on any atom is -0.273 e. The molecule has 0 saturated heterocycles. The maximum absolute atomic E-state index is 5.38. The van der Waals surface area contributed by atoms with Crippen LogP contribution >= 0.6 is 12.6 Å². The van der Waals surface area contributed by atoms with Gasteiger partial charge in [0.05, 0.1) is 12.6 Å². The standard InChI is InChI=1S/C12H22N2OS/c16-9-11-8-15-14-12(13-11)10-6-4-2-1-3-5-7-10/h10-11,16H,1-9H2,(H,13,14). The molecular formula is C12H22N2OS. The third kappa shape index (κ3) is 3.39. The third-order valence-corrected chi connectivity index (χ3v) is 3.90. The minimum absolute atomic E-state index is 0.241. The van der Waals surface area contributed by atoms with Crippen LogP contribution in [0.25, 0.3) is 0 Å². The molecule has 3 nitrogen and oxygen atoms in total. The SMILES string of the molecule is SCC1CONC(C2CCCCCCC2)=N1. The molecule has 4 heteroatoms. The van der Waals surface area contributed by atoms with Gasteiger partial charge in [-0.05, 0) is 12.8 Å². The summed E-state index contributed by atoms with van der Waals surface area (Å²) in [6.45, 7) is 0.653. The second-order valence-electron chi connectivity index (χ2n) is 4.81. The molecule has 0 aromatic heterocycles. The molecule has 0 aromatic rings. The first-order valence-electron chi connectivity index (χ1n) is 6.46. The zero-order valence-corrected chi connectivity index (χ0v) is 10.7. The van der Waals surface area contributed by atoms with E-state index < -0.39 is 0 Å². The van der Waals surface area contributed by atoms with E-state index in [2.05, 4.69) is 18.1 Å². The lowest BCUT2D eigenvalue weighted by Crippen LogP contribution is -2.40. The van der Waals surface area contributed by atoms with Gasteiger partial charge >= 0.3 is 0 Å². The van der Waals surface area contributed by atoms with Gasteiger partial charge in [0, 0.05) is 11.7 Å². The molecule has 16 heavy (non-hydrogen) atoms. The van der Waals surface area contributed by atoms with E-state index in [1.165, 1.54) is 44.9 Å². The third-order valence-electron chi connectivity index (χ3n) is 3.48. The Balaban J connectivity index is 1.95. The van der Waals surface area contributed by atoms with Crippen molar-refractivity contribution in [3.05, 3.63) is 0 Å². The molecule has 0 radical (unpaired) electrons. The van der Waals surface area contributed by atoms with Gasteiger partial charge in [0.15, 0.2) is 0 Å². The monoisotopic (exact) mass is 242 g/mol. The quantitative estimate of drug-likeness (QED) is 0.730. The van der Waals surface area contributed by atoms with Gasteiger partial charge in [-0.3, -0.25) is 15.3 Å². The van der Waals surface area contributed by atoms with Crippen LogP contribution in [0.3, 0.4) is 0 Å². The van der Waals surface area contributed by atoms with Crippen molar-refractivity contribution in [1.82, 2.24) is 5.48 Å². The molecule has 1 aliphatic heterocycles. The Bertz CT molecular complexity index is 237. The Labute approximate surface area is 103 Å². The normalized spacial score (nSPS) is 28.8. The smallest absolute Gasteiger partial charge is 0.124 e. The highest BCUT2D eigenvalue weighted by Crippen LogP contribution is 2.24. The topological polar surface area (TPSA) is 33.6 Å². The summed E-state index contributed by atoms with van der Waals surface area (Å²) in [5.74, 6) is 2.44. The first-order chi connectivity index (χ1) is 7.90. The van der Waals surface area contributed by atoms with Gasteiger partial charge in [-0.15, -0.1) is 0 Å². The lowest BCUT2D eigenvalue weighted by atomic mass is 9.90. The minimum atomic E-state index is 0.241. The van der Waals surface area contributed by atoms with Crippen molar-refractivity contribution in [3.63, 3.8) is 0 Å². The molecule has 92 valence electrons. The highest BCUT2D eigenvalue weighted by atomic mass is 32.1. The molecule has 0 bridgehead atoms. The number of nitrogens with zero attached hydrogens (tertiary/aromatic N) is 1. The summed E-state index contributed by atoms with van der Waals surface area (Å²) >= 11 is 4.29. The fourth-order valence-electron chi connectivity index (χ4n) is 2.48. The van der Waals surface area contributed by atoms with Crippen LogP contribution < -0.4 is 5.48 Å². The van der Waals surface area contributed by atoms with E-state index in [0.717, 1.165) is 11.6 Å². The molecular weight excluding hydrogens is 220 g/mol. The Hall–Kier alpha value is -0.220. The largest absolute Gasteiger partial charge is 0.273 e. The Kier molecular flexibility index (Phi) is 4.97. The molecule has 1 unspecified atom stereocenters. The summed E-state index contributed by atoms with van der Waals surface area (Å²) in [5.41, 5.74) is 3.02. The summed E-state index contributed by atoms with van der Waals surface area (Å²) in [4.78, 5) is 10.1. The highest BCUT2D eigenvalue weighted by molar-refractivity contribution is 7.80. The van der Waals surface area contributed by atoms with Crippen LogP contribution in [0, 0.1) is 5.92 Å². The van der Waals surface area contributed by atoms with E-state index in [-0.39, 0.29) is 6.04 Å². The molecule has 1 saturated carbocycles. The van der Waals surface area contributed by atoms with Gasteiger partial charge in [0.1, 0.15) is 5.84 Å². The van der Waals surface area contributed by atoms with Crippen molar-refractivity contribution in [2.24, 2.45) is 10.9 Å². The van der Waals surface area contributed by atoms with Crippen LogP contribution in [-0.4, -0.2) is 24.2 Å². The summed E-state index contributed by atoms with van der Waals surface area (Å²) in [6, 6.07) is 0.241. The summed E-state index contributed by atoms with van der Waals surface area (Å²) in [5, 5.41) is 0. The number of hydrogen-bond donors (Lipinski definition) is 2. The van der Waals surface area contributed by atoms with Gasteiger partial charge in [0.25, 0.3) is 0 Å². The van der Waals surface area contributed by atoms with Crippen molar-refractivity contribution in [2.75, 3.05) is 12.4 Å². The van der Waals surface area contributed by atoms with Gasteiger partial charge in [-0.25, -0.2) is 0 Å². The number of hydrogen-bond acceptors (Lipinski definition) is 4. The Morgan fingerprint density at radius 3 is 2.56 bits per heavy atom. The number of nitrogens with one attached hydrogen (secondary N) is 1. The van der Waals surface area contributed by atoms with Crippen LogP contribution in [0.4, 0.5) is 0 Å². The number of amidine groups is 1. The first kappa shape index (κ1) is 12.2. The van der Waals surface area contributed by atoms with Crippen LogP contribution in [0.5, 0.6) is 0 Å². The van der Waals surface area contributed by atoms with E-state index in [1.54, 1.807) is 0 Å². The molecule has 0 aromatic carbocycles. The number of hydroxylamine groups is 1. The number of thiol groups is 1. The maximum Gasteiger partial charge on any atom is 0.124 e. The first-order valence-corrected chi connectivity index (χ1v) is 7.09. The summed E-state index contributed by atoms with van der Waals surface area (Å²) in [7, 11) is 0. The molecule has 1 atom stereocenters. The van der Waals surface area contributed by atoms with Crippen LogP contribution in [-0.2, 0) is 4.84 Å². The lowest BCUT2D eigenvalue weighted by molar-refractivity contribution is 0.0610. The van der Waals surface area contributed by atoms with E-state index in [0.29, 0.717) is 12.5 Å². The fourth-order valence-corrected chi connectivity index (χ4v) is 2.67. The summed E-state index contributed by atoms with van der Waals surface area (Å²) in [6.07, 6.45) is 9.33. The summed E-state index contributed by atoms with van der Waals surface area (Å²) < 4.78 is 0. The van der Waals surface area contributed by atoms with Crippen molar-refractivity contribution in [1.29, 1.82) is 0 Å². The molecule has 1 fully saturated rings. The average Bonchev–Trinajstić information content (AvgIpc) is 2.29.